The van der Waals surface area contributed by atoms with E-state index in [0.717, 1.165) is 34.1 Å². The Kier molecular flexibility index (Phi) is 8.11. The zero-order valence-corrected chi connectivity index (χ0v) is 33.5. The van der Waals surface area contributed by atoms with E-state index >= 15 is 0 Å². The maximum absolute atomic E-state index is 2.49. The first-order valence-electron chi connectivity index (χ1n) is 21.1. The molecule has 12 rings (SSSR count). The topological polar surface area (TPSA) is 6.48 Å². The van der Waals surface area contributed by atoms with Crippen molar-refractivity contribution in [2.75, 3.05) is 9.80 Å². The Morgan fingerprint density at radius 3 is 1.30 bits per heavy atom. The van der Waals surface area contributed by atoms with Crippen LogP contribution >= 0.6 is 0 Å². The first-order valence-corrected chi connectivity index (χ1v) is 21.1. The molecule has 0 saturated carbocycles. The summed E-state index contributed by atoms with van der Waals surface area (Å²) in [6, 6.07) is 89.0. The lowest BCUT2D eigenvalue weighted by molar-refractivity contribution is 0.793. The lowest BCUT2D eigenvalue weighted by Crippen LogP contribution is -2.26. The molecule has 0 heterocycles. The molecule has 2 nitrogen and oxygen atoms in total. The van der Waals surface area contributed by atoms with E-state index in [1.54, 1.807) is 0 Å². The predicted molar refractivity (Wildman–Crippen MR) is 255 cm³/mol. The van der Waals surface area contributed by atoms with Crippen LogP contribution in [0.3, 0.4) is 0 Å². The van der Waals surface area contributed by atoms with E-state index in [9.17, 15) is 0 Å². The number of anilines is 6. The van der Waals surface area contributed by atoms with Crippen molar-refractivity contribution < 1.29 is 0 Å². The minimum Gasteiger partial charge on any atom is -0.310 e. The van der Waals surface area contributed by atoms with Gasteiger partial charge in [-0.3, -0.25) is 0 Å². The molecule has 0 radical (unpaired) electrons. The van der Waals surface area contributed by atoms with Crippen molar-refractivity contribution in [2.45, 2.75) is 5.41 Å². The molecule has 0 bridgehead atoms. The lowest BCUT2D eigenvalue weighted by Gasteiger charge is -2.33. The average molecular weight is 777 g/mol. The van der Waals surface area contributed by atoms with Gasteiger partial charge in [0.2, 0.25) is 0 Å². The Balaban J connectivity index is 1.11. The Morgan fingerprint density at radius 2 is 0.689 bits per heavy atom. The summed E-state index contributed by atoms with van der Waals surface area (Å²) < 4.78 is 0. The third-order valence-corrected chi connectivity index (χ3v) is 12.8. The summed E-state index contributed by atoms with van der Waals surface area (Å²) in [5.41, 5.74) is 18.9. The summed E-state index contributed by atoms with van der Waals surface area (Å²) in [7, 11) is 0. The number of benzene rings is 10. The highest BCUT2D eigenvalue weighted by Gasteiger charge is 2.52. The Hall–Kier alpha value is -7.94. The van der Waals surface area contributed by atoms with E-state index in [2.05, 4.69) is 252 Å². The van der Waals surface area contributed by atoms with Crippen molar-refractivity contribution in [2.24, 2.45) is 0 Å². The zero-order chi connectivity index (χ0) is 40.3. The SMILES string of the molecule is c1ccc(-c2ccc(N(c3ccc4c(c3)C3(c5ccccc5-c5ccc(N(c6ccccc6)c6ccccc6)cc53)c3ccccc3-4)c3cccc4ccccc34)cc2)cc1. The van der Waals surface area contributed by atoms with Crippen LogP contribution in [0, 0.1) is 0 Å². The van der Waals surface area contributed by atoms with Gasteiger partial charge in [0.05, 0.1) is 11.1 Å². The molecule has 10 aromatic rings. The Labute approximate surface area is 356 Å². The van der Waals surface area contributed by atoms with Gasteiger partial charge in [-0.1, -0.05) is 176 Å². The maximum atomic E-state index is 2.49. The van der Waals surface area contributed by atoms with Crippen molar-refractivity contribution in [1.29, 1.82) is 0 Å². The fraction of sp³-hybridized carbons (Fsp3) is 0.0169. The third kappa shape index (κ3) is 5.43. The van der Waals surface area contributed by atoms with E-state index in [1.807, 2.05) is 0 Å². The normalized spacial score (nSPS) is 14.3. The monoisotopic (exact) mass is 776 g/mol. The number of para-hydroxylation sites is 2. The molecule has 2 aliphatic carbocycles. The molecule has 2 aliphatic rings. The quantitative estimate of drug-likeness (QED) is 0.159. The van der Waals surface area contributed by atoms with Crippen LogP contribution in [-0.4, -0.2) is 0 Å². The van der Waals surface area contributed by atoms with E-state index < -0.39 is 5.41 Å². The summed E-state index contributed by atoms with van der Waals surface area (Å²) in [5.74, 6) is 0. The van der Waals surface area contributed by atoms with Gasteiger partial charge < -0.3 is 9.80 Å². The van der Waals surface area contributed by atoms with Crippen molar-refractivity contribution >= 4 is 44.9 Å². The molecule has 0 fully saturated rings. The van der Waals surface area contributed by atoms with Gasteiger partial charge in [-0.2, -0.15) is 0 Å². The van der Waals surface area contributed by atoms with Gasteiger partial charge in [-0.05, 0) is 128 Å². The number of hydrogen-bond donors (Lipinski definition) is 0. The zero-order valence-electron chi connectivity index (χ0n) is 33.5. The summed E-state index contributed by atoms with van der Waals surface area (Å²) in [6.45, 7) is 0. The number of hydrogen-bond acceptors (Lipinski definition) is 2. The second-order valence-corrected chi connectivity index (χ2v) is 16.1. The van der Waals surface area contributed by atoms with Gasteiger partial charge in [0.15, 0.2) is 0 Å². The van der Waals surface area contributed by atoms with Crippen LogP contribution in [0.2, 0.25) is 0 Å². The van der Waals surface area contributed by atoms with E-state index in [4.69, 9.17) is 0 Å². The highest BCUT2D eigenvalue weighted by atomic mass is 15.1. The minimum absolute atomic E-state index is 0.551. The van der Waals surface area contributed by atoms with Crippen LogP contribution in [0.1, 0.15) is 22.3 Å². The summed E-state index contributed by atoms with van der Waals surface area (Å²) in [4.78, 5) is 4.84. The molecule has 0 saturated heterocycles. The Bertz CT molecular complexity index is 3190. The Morgan fingerprint density at radius 1 is 0.262 bits per heavy atom. The van der Waals surface area contributed by atoms with Gasteiger partial charge in [0.1, 0.15) is 0 Å². The largest absolute Gasteiger partial charge is 0.310 e. The molecule has 0 amide bonds. The van der Waals surface area contributed by atoms with Gasteiger partial charge in [-0.15, -0.1) is 0 Å². The molecule has 0 aromatic heterocycles. The summed E-state index contributed by atoms with van der Waals surface area (Å²) >= 11 is 0. The molecular formula is C59H40N2. The van der Waals surface area contributed by atoms with Crippen LogP contribution in [-0.2, 0) is 5.41 Å². The minimum atomic E-state index is -0.551. The standard InChI is InChI=1S/C59H40N2/c1-4-17-41(18-5-1)42-31-33-46(34-32-42)61(58-30-16-20-43-19-10-11-25-49(43)58)48-36-38-53-51-27-13-15-29-55(51)59(57(53)40-48)54-28-14-12-26-50(54)52-37-35-47(39-56(52)59)60(44-21-6-2-7-22-44)45-23-8-3-9-24-45/h1-40H. The third-order valence-electron chi connectivity index (χ3n) is 12.8. The smallest absolute Gasteiger partial charge is 0.0727 e. The van der Waals surface area contributed by atoms with Gasteiger partial charge >= 0.3 is 0 Å². The van der Waals surface area contributed by atoms with Gasteiger partial charge in [0, 0.05) is 33.8 Å². The van der Waals surface area contributed by atoms with Crippen molar-refractivity contribution in [3.8, 4) is 33.4 Å². The molecule has 10 aromatic carbocycles. The summed E-state index contributed by atoms with van der Waals surface area (Å²) in [6.07, 6.45) is 0. The molecule has 1 unspecified atom stereocenters. The lowest BCUT2D eigenvalue weighted by atomic mass is 9.70. The van der Waals surface area contributed by atoms with Crippen molar-refractivity contribution in [1.82, 2.24) is 0 Å². The van der Waals surface area contributed by atoms with Crippen molar-refractivity contribution in [3.63, 3.8) is 0 Å². The fourth-order valence-corrected chi connectivity index (χ4v) is 10.3. The molecule has 61 heavy (non-hydrogen) atoms. The second kappa shape index (κ2) is 14.1. The van der Waals surface area contributed by atoms with Gasteiger partial charge in [-0.25, -0.2) is 0 Å². The molecule has 1 atom stereocenters. The average Bonchev–Trinajstić information content (AvgIpc) is 3.80. The molecule has 0 N–H and O–H groups in total. The first kappa shape index (κ1) is 35.0. The number of rotatable bonds is 7. The molecular weight excluding hydrogens is 737 g/mol. The molecule has 0 aliphatic heterocycles. The molecule has 286 valence electrons. The van der Waals surface area contributed by atoms with Gasteiger partial charge in [0.25, 0.3) is 0 Å². The first-order chi connectivity index (χ1) is 30.3. The maximum Gasteiger partial charge on any atom is 0.0727 e. The highest BCUT2D eigenvalue weighted by Crippen LogP contribution is 2.64. The summed E-state index contributed by atoms with van der Waals surface area (Å²) in [5, 5.41) is 2.42. The fourth-order valence-electron chi connectivity index (χ4n) is 10.3. The number of nitrogens with zero attached hydrogens (tertiary/aromatic N) is 2. The second-order valence-electron chi connectivity index (χ2n) is 16.1. The van der Waals surface area contributed by atoms with E-state index in [0.29, 0.717) is 0 Å². The van der Waals surface area contributed by atoms with Crippen LogP contribution < -0.4 is 9.80 Å². The predicted octanol–water partition coefficient (Wildman–Crippen LogP) is 15.8. The molecule has 2 heteroatoms. The van der Waals surface area contributed by atoms with Crippen molar-refractivity contribution in [3.05, 3.63) is 265 Å². The van der Waals surface area contributed by atoms with Crippen LogP contribution in [0.15, 0.2) is 243 Å². The van der Waals surface area contributed by atoms with E-state index in [1.165, 1.54) is 66.4 Å². The van der Waals surface area contributed by atoms with Crippen LogP contribution in [0.5, 0.6) is 0 Å². The van der Waals surface area contributed by atoms with Crippen LogP contribution in [0.4, 0.5) is 34.1 Å². The van der Waals surface area contributed by atoms with Crippen LogP contribution in [0.25, 0.3) is 44.2 Å². The van der Waals surface area contributed by atoms with E-state index in [-0.39, 0.29) is 0 Å². The molecule has 1 spiro atoms. The number of fused-ring (bicyclic) bond motifs is 11. The highest BCUT2D eigenvalue weighted by molar-refractivity contribution is 6.01.